The van der Waals surface area contributed by atoms with E-state index in [9.17, 15) is 13.2 Å². The molecule has 1 fully saturated rings. The number of benzene rings is 2. The van der Waals surface area contributed by atoms with Crippen LogP contribution in [0.4, 0.5) is 5.82 Å². The maximum absolute atomic E-state index is 13.3. The molecular formula is C28H31N5O5S. The molecular weight excluding hydrogens is 518 g/mol. The third-order valence-corrected chi connectivity index (χ3v) is 8.48. The Bertz CT molecular complexity index is 1610. The molecule has 0 unspecified atom stereocenters. The largest absolute Gasteiger partial charge is 0.454 e. The number of carbonyl (C=O) groups is 1. The molecule has 0 bridgehead atoms. The molecule has 0 atom stereocenters. The smallest absolute Gasteiger partial charge is 0.240 e. The van der Waals surface area contributed by atoms with Crippen molar-refractivity contribution in [2.24, 2.45) is 0 Å². The first-order valence-electron chi connectivity index (χ1n) is 12.7. The summed E-state index contributed by atoms with van der Waals surface area (Å²) in [5, 5.41) is 2.96. The number of aromatic nitrogens is 3. The molecule has 1 aliphatic heterocycles. The summed E-state index contributed by atoms with van der Waals surface area (Å²) in [6, 6.07) is 17.5. The van der Waals surface area contributed by atoms with Gasteiger partial charge in [-0.25, -0.2) is 23.1 Å². The summed E-state index contributed by atoms with van der Waals surface area (Å²) in [5.74, 6) is 1.65. The minimum absolute atomic E-state index is 0. The molecule has 204 valence electrons. The molecule has 1 saturated carbocycles. The van der Waals surface area contributed by atoms with Gasteiger partial charge in [-0.3, -0.25) is 4.79 Å². The van der Waals surface area contributed by atoms with E-state index in [1.165, 1.54) is 0 Å². The number of nitrogens with one attached hydrogen (secondary N) is 2. The Morgan fingerprint density at radius 1 is 1.05 bits per heavy atom. The summed E-state index contributed by atoms with van der Waals surface area (Å²) in [5.41, 5.74) is 1.65. The number of fused-ring (bicyclic) bond motifs is 1. The van der Waals surface area contributed by atoms with Gasteiger partial charge in [-0.15, -0.1) is 0 Å². The predicted molar refractivity (Wildman–Crippen MR) is 148 cm³/mol. The first-order valence-corrected chi connectivity index (χ1v) is 14.2. The van der Waals surface area contributed by atoms with Crippen LogP contribution in [0, 0.1) is 0 Å². The molecule has 1 amide bonds. The standard InChI is InChI=1S/C28H27N5O5S.2H2/c34-27(28(11-12-28)21-7-10-24-25(17-21)38-19-37-24)32-26-4-1-3-23(31-26)20-5-8-22(9-6-20)39(35,36)30-13-2-15-33-16-14-29-18-33;;/h1,3-10,14,16-18,30H,2,11-13,15,19H2,(H,31,32,34);2*1H. The van der Waals surface area contributed by atoms with Crippen molar-refractivity contribution in [3.8, 4) is 22.8 Å². The van der Waals surface area contributed by atoms with Crippen molar-refractivity contribution in [2.75, 3.05) is 18.7 Å². The molecule has 2 aromatic carbocycles. The van der Waals surface area contributed by atoms with Crippen LogP contribution in [0.5, 0.6) is 11.5 Å². The Labute approximate surface area is 229 Å². The molecule has 2 aromatic heterocycles. The Kier molecular flexibility index (Phi) is 6.53. The lowest BCUT2D eigenvalue weighted by Gasteiger charge is -2.16. The second kappa shape index (κ2) is 10.2. The minimum Gasteiger partial charge on any atom is -0.454 e. The van der Waals surface area contributed by atoms with Gasteiger partial charge >= 0.3 is 0 Å². The van der Waals surface area contributed by atoms with Gasteiger partial charge in [-0.05, 0) is 61.2 Å². The number of anilines is 1. The third-order valence-electron chi connectivity index (χ3n) is 7.01. The van der Waals surface area contributed by atoms with Crippen LogP contribution in [0.25, 0.3) is 11.3 Å². The van der Waals surface area contributed by atoms with Gasteiger partial charge in [-0.1, -0.05) is 24.3 Å². The van der Waals surface area contributed by atoms with Crippen molar-refractivity contribution in [1.82, 2.24) is 19.3 Å². The van der Waals surface area contributed by atoms with Crippen LogP contribution in [0.15, 0.2) is 84.3 Å². The first-order chi connectivity index (χ1) is 18.9. The van der Waals surface area contributed by atoms with E-state index < -0.39 is 15.4 Å². The first kappa shape index (κ1) is 25.1. The fraction of sp³-hybridized carbons (Fsp3) is 0.250. The average Bonchev–Trinajstić information content (AvgIpc) is 3.35. The summed E-state index contributed by atoms with van der Waals surface area (Å²) in [6.07, 6.45) is 7.36. The Morgan fingerprint density at radius 3 is 2.64 bits per heavy atom. The molecule has 6 rings (SSSR count). The highest BCUT2D eigenvalue weighted by atomic mass is 32.2. The SMILES string of the molecule is O=C(Nc1cccc(-c2ccc(S(=O)(=O)NCCCn3ccnc3)cc2)n1)C1(c2ccc3c(c2)OCO3)CC1.[HH].[HH]. The lowest BCUT2D eigenvalue weighted by atomic mass is 9.94. The molecule has 0 saturated heterocycles. The normalized spacial score (nSPS) is 15.2. The second-order valence-electron chi connectivity index (χ2n) is 9.59. The van der Waals surface area contributed by atoms with Gasteiger partial charge in [0.1, 0.15) is 5.82 Å². The van der Waals surface area contributed by atoms with E-state index in [1.54, 1.807) is 42.9 Å². The van der Waals surface area contributed by atoms with Crippen molar-refractivity contribution in [3.63, 3.8) is 0 Å². The average molecular weight is 550 g/mol. The van der Waals surface area contributed by atoms with E-state index in [0.29, 0.717) is 42.5 Å². The molecule has 10 nitrogen and oxygen atoms in total. The number of hydrogen-bond acceptors (Lipinski definition) is 7. The number of rotatable bonds is 10. The molecule has 11 heteroatoms. The van der Waals surface area contributed by atoms with Gasteiger partial charge in [0.05, 0.1) is 22.3 Å². The second-order valence-corrected chi connectivity index (χ2v) is 11.4. The highest BCUT2D eigenvalue weighted by Gasteiger charge is 2.51. The number of aryl methyl sites for hydroxylation is 1. The van der Waals surface area contributed by atoms with Gasteiger partial charge in [0.2, 0.25) is 22.7 Å². The highest BCUT2D eigenvalue weighted by molar-refractivity contribution is 7.89. The minimum atomic E-state index is -3.63. The zero-order chi connectivity index (χ0) is 26.9. The van der Waals surface area contributed by atoms with Crippen LogP contribution >= 0.6 is 0 Å². The molecule has 2 aliphatic rings. The van der Waals surface area contributed by atoms with Gasteiger partial charge in [0.15, 0.2) is 11.5 Å². The lowest BCUT2D eigenvalue weighted by molar-refractivity contribution is -0.118. The van der Waals surface area contributed by atoms with Gasteiger partial charge < -0.3 is 19.4 Å². The van der Waals surface area contributed by atoms with Gasteiger partial charge in [0.25, 0.3) is 0 Å². The van der Waals surface area contributed by atoms with Crippen molar-refractivity contribution >= 4 is 21.7 Å². The molecule has 39 heavy (non-hydrogen) atoms. The number of sulfonamides is 1. The number of carbonyl (C=O) groups excluding carboxylic acids is 1. The molecule has 4 aromatic rings. The van der Waals surface area contributed by atoms with Crippen LogP contribution in [0.1, 0.15) is 27.7 Å². The van der Waals surface area contributed by atoms with Crippen molar-refractivity contribution in [3.05, 3.63) is 84.9 Å². The monoisotopic (exact) mass is 549 g/mol. The summed E-state index contributed by atoms with van der Waals surface area (Å²) >= 11 is 0. The molecule has 2 N–H and O–H groups in total. The summed E-state index contributed by atoms with van der Waals surface area (Å²) in [6.45, 7) is 1.18. The van der Waals surface area contributed by atoms with Crippen LogP contribution in [-0.2, 0) is 26.8 Å². The third kappa shape index (κ3) is 5.23. The fourth-order valence-corrected chi connectivity index (χ4v) is 5.72. The number of hydrogen-bond donors (Lipinski definition) is 2. The zero-order valence-electron chi connectivity index (χ0n) is 21.0. The lowest BCUT2D eigenvalue weighted by Crippen LogP contribution is -2.28. The van der Waals surface area contributed by atoms with E-state index in [-0.39, 0.29) is 20.4 Å². The van der Waals surface area contributed by atoms with E-state index in [1.807, 2.05) is 41.1 Å². The fourth-order valence-electron chi connectivity index (χ4n) is 4.64. The highest BCUT2D eigenvalue weighted by Crippen LogP contribution is 2.51. The predicted octanol–water partition coefficient (Wildman–Crippen LogP) is 4.20. The number of pyridine rings is 1. The topological polar surface area (TPSA) is 124 Å². The Morgan fingerprint density at radius 2 is 1.87 bits per heavy atom. The molecule has 0 radical (unpaired) electrons. The molecule has 0 spiro atoms. The van der Waals surface area contributed by atoms with E-state index in [0.717, 1.165) is 24.0 Å². The van der Waals surface area contributed by atoms with Crippen LogP contribution < -0.4 is 19.5 Å². The van der Waals surface area contributed by atoms with Crippen LogP contribution in [-0.4, -0.2) is 42.2 Å². The van der Waals surface area contributed by atoms with Crippen molar-refractivity contribution in [1.29, 1.82) is 0 Å². The van der Waals surface area contributed by atoms with E-state index in [4.69, 9.17) is 9.47 Å². The molecule has 1 aliphatic carbocycles. The quantitative estimate of drug-likeness (QED) is 0.284. The number of imidazole rings is 1. The number of ether oxygens (including phenoxy) is 2. The van der Waals surface area contributed by atoms with Crippen molar-refractivity contribution in [2.45, 2.75) is 36.1 Å². The Hall–Kier alpha value is -4.22. The van der Waals surface area contributed by atoms with Crippen LogP contribution in [0.3, 0.4) is 0 Å². The number of nitrogens with zero attached hydrogens (tertiary/aromatic N) is 3. The number of amides is 1. The van der Waals surface area contributed by atoms with Gasteiger partial charge in [-0.2, -0.15) is 0 Å². The molecule has 3 heterocycles. The van der Waals surface area contributed by atoms with Crippen LogP contribution in [0.2, 0.25) is 0 Å². The maximum Gasteiger partial charge on any atom is 0.240 e. The summed E-state index contributed by atoms with van der Waals surface area (Å²) < 4.78 is 40.8. The Balaban J connectivity index is 0.00000194. The summed E-state index contributed by atoms with van der Waals surface area (Å²) in [4.78, 5) is 22.0. The van der Waals surface area contributed by atoms with E-state index in [2.05, 4.69) is 20.0 Å². The summed E-state index contributed by atoms with van der Waals surface area (Å²) in [7, 11) is -3.63. The zero-order valence-corrected chi connectivity index (χ0v) is 21.9. The van der Waals surface area contributed by atoms with E-state index >= 15 is 0 Å². The van der Waals surface area contributed by atoms with Crippen molar-refractivity contribution < 1.29 is 25.5 Å². The van der Waals surface area contributed by atoms with Gasteiger partial charge in [0, 0.05) is 33.9 Å². The maximum atomic E-state index is 13.3.